The van der Waals surface area contributed by atoms with Crippen LogP contribution in [0.5, 0.6) is 0 Å². The minimum absolute atomic E-state index is 0.129. The van der Waals surface area contributed by atoms with Crippen molar-refractivity contribution in [3.8, 4) is 0 Å². The lowest BCUT2D eigenvalue weighted by Crippen LogP contribution is -2.31. The predicted octanol–water partition coefficient (Wildman–Crippen LogP) is 2.27. The Kier molecular flexibility index (Phi) is 4.55. The van der Waals surface area contributed by atoms with Gasteiger partial charge < -0.3 is 10.4 Å². The molecule has 0 radical (unpaired) electrons. The number of halogens is 3. The van der Waals surface area contributed by atoms with Crippen LogP contribution in [0.4, 0.5) is 19.0 Å². The van der Waals surface area contributed by atoms with E-state index in [1.54, 1.807) is 13.0 Å². The van der Waals surface area contributed by atoms with Crippen molar-refractivity contribution in [1.82, 2.24) is 19.6 Å². The molecule has 6 nitrogen and oxygen atoms in total. The molecule has 2 rings (SSSR count). The molecule has 0 spiro atoms. The van der Waals surface area contributed by atoms with Gasteiger partial charge in [-0.05, 0) is 12.8 Å². The van der Waals surface area contributed by atoms with Crippen LogP contribution in [0.25, 0.3) is 5.78 Å². The zero-order valence-electron chi connectivity index (χ0n) is 12.5. The second-order valence-electron chi connectivity index (χ2n) is 5.25. The number of hydrogen-bond donors (Lipinski definition) is 2. The summed E-state index contributed by atoms with van der Waals surface area (Å²) in [4.78, 5) is 7.37. The quantitative estimate of drug-likeness (QED) is 0.885. The Morgan fingerprint density at radius 2 is 2.05 bits per heavy atom. The molecule has 0 aliphatic heterocycles. The van der Waals surface area contributed by atoms with Crippen LogP contribution in [0.1, 0.15) is 31.8 Å². The third-order valence-corrected chi connectivity index (χ3v) is 3.55. The molecule has 0 aliphatic carbocycles. The fourth-order valence-corrected chi connectivity index (χ4v) is 2.05. The average Bonchev–Trinajstić information content (AvgIpc) is 2.87. The SMILES string of the molecule is CC[C@@H](C)[C@H](CO)Nc1cc(C)nc2nc(C(F)(F)F)nn12. The first kappa shape index (κ1) is 16.5. The fourth-order valence-electron chi connectivity index (χ4n) is 2.05. The molecule has 2 aromatic rings. The molecule has 22 heavy (non-hydrogen) atoms. The van der Waals surface area contributed by atoms with Gasteiger partial charge in [-0.3, -0.25) is 0 Å². The number of fused-ring (bicyclic) bond motifs is 1. The third kappa shape index (κ3) is 3.29. The molecule has 2 heterocycles. The van der Waals surface area contributed by atoms with Crippen molar-refractivity contribution in [2.24, 2.45) is 5.92 Å². The number of rotatable bonds is 5. The van der Waals surface area contributed by atoms with E-state index in [0.717, 1.165) is 10.9 Å². The lowest BCUT2D eigenvalue weighted by atomic mass is 10.00. The Bertz CT molecular complexity index is 655. The molecule has 2 aromatic heterocycles. The summed E-state index contributed by atoms with van der Waals surface area (Å²) >= 11 is 0. The molecule has 2 atom stereocenters. The van der Waals surface area contributed by atoms with Gasteiger partial charge in [-0.1, -0.05) is 20.3 Å². The highest BCUT2D eigenvalue weighted by molar-refractivity contribution is 5.46. The number of alkyl halides is 3. The standard InChI is InChI=1S/C13H18F3N5O/c1-4-7(2)9(6-22)18-10-5-8(3)17-12-19-11(13(14,15)16)20-21(10)12/h5,7,9,18,22H,4,6H2,1-3H3/t7-,9+/m1/s1. The molecule has 122 valence electrons. The minimum atomic E-state index is -4.63. The highest BCUT2D eigenvalue weighted by Gasteiger charge is 2.37. The van der Waals surface area contributed by atoms with Gasteiger partial charge in [0.25, 0.3) is 11.6 Å². The largest absolute Gasteiger partial charge is 0.453 e. The average molecular weight is 317 g/mol. The first-order valence-corrected chi connectivity index (χ1v) is 6.95. The van der Waals surface area contributed by atoms with E-state index < -0.39 is 12.0 Å². The number of nitrogens with one attached hydrogen (secondary N) is 1. The molecule has 0 saturated carbocycles. The monoisotopic (exact) mass is 317 g/mol. The van der Waals surface area contributed by atoms with E-state index in [0.29, 0.717) is 11.5 Å². The summed E-state index contributed by atoms with van der Waals surface area (Å²) in [5.41, 5.74) is 0.511. The second-order valence-corrected chi connectivity index (χ2v) is 5.25. The topological polar surface area (TPSA) is 75.3 Å². The van der Waals surface area contributed by atoms with E-state index in [1.807, 2.05) is 13.8 Å². The maximum Gasteiger partial charge on any atom is 0.453 e. The van der Waals surface area contributed by atoms with Gasteiger partial charge in [-0.15, -0.1) is 5.10 Å². The number of hydrogen-bond acceptors (Lipinski definition) is 5. The molecule has 0 amide bonds. The summed E-state index contributed by atoms with van der Waals surface area (Å²) in [6, 6.07) is 1.28. The zero-order chi connectivity index (χ0) is 16.5. The molecular weight excluding hydrogens is 299 g/mol. The van der Waals surface area contributed by atoms with E-state index in [9.17, 15) is 18.3 Å². The van der Waals surface area contributed by atoms with Crippen molar-refractivity contribution in [1.29, 1.82) is 0 Å². The second kappa shape index (κ2) is 6.07. The van der Waals surface area contributed by atoms with Crippen molar-refractivity contribution in [2.45, 2.75) is 39.4 Å². The van der Waals surface area contributed by atoms with Crippen molar-refractivity contribution >= 4 is 11.6 Å². The number of aromatic nitrogens is 4. The van der Waals surface area contributed by atoms with Gasteiger partial charge in [-0.25, -0.2) is 4.98 Å². The molecule has 0 bridgehead atoms. The molecule has 9 heteroatoms. The Labute approximate surface area is 125 Å². The zero-order valence-corrected chi connectivity index (χ0v) is 12.5. The maximum absolute atomic E-state index is 12.7. The molecule has 0 aromatic carbocycles. The van der Waals surface area contributed by atoms with E-state index in [2.05, 4.69) is 20.4 Å². The summed E-state index contributed by atoms with van der Waals surface area (Å²) in [5, 5.41) is 16.0. The summed E-state index contributed by atoms with van der Waals surface area (Å²) in [6.07, 6.45) is -3.82. The van der Waals surface area contributed by atoms with Crippen molar-refractivity contribution in [2.75, 3.05) is 11.9 Å². The highest BCUT2D eigenvalue weighted by atomic mass is 19.4. The smallest absolute Gasteiger partial charge is 0.394 e. The van der Waals surface area contributed by atoms with Crippen molar-refractivity contribution < 1.29 is 18.3 Å². The van der Waals surface area contributed by atoms with E-state index in [4.69, 9.17) is 0 Å². The Hall–Kier alpha value is -1.90. The highest BCUT2D eigenvalue weighted by Crippen LogP contribution is 2.27. The lowest BCUT2D eigenvalue weighted by Gasteiger charge is -2.23. The number of aryl methyl sites for hydroxylation is 1. The maximum atomic E-state index is 12.7. The first-order valence-electron chi connectivity index (χ1n) is 6.95. The van der Waals surface area contributed by atoms with Gasteiger partial charge in [0.1, 0.15) is 5.82 Å². The lowest BCUT2D eigenvalue weighted by molar-refractivity contribution is -0.144. The normalized spacial score (nSPS) is 15.0. The number of aliphatic hydroxyl groups excluding tert-OH is 1. The molecule has 2 N–H and O–H groups in total. The summed E-state index contributed by atoms with van der Waals surface area (Å²) < 4.78 is 39.2. The number of nitrogens with zero attached hydrogens (tertiary/aromatic N) is 4. The van der Waals surface area contributed by atoms with Crippen molar-refractivity contribution in [3.05, 3.63) is 17.6 Å². The molecular formula is C13H18F3N5O. The summed E-state index contributed by atoms with van der Waals surface area (Å²) in [5.74, 6) is -0.905. The molecule has 0 unspecified atom stereocenters. The summed E-state index contributed by atoms with van der Waals surface area (Å²) in [6.45, 7) is 5.43. The van der Waals surface area contributed by atoms with Gasteiger partial charge in [0.05, 0.1) is 12.6 Å². The van der Waals surface area contributed by atoms with Gasteiger partial charge >= 0.3 is 6.18 Å². The van der Waals surface area contributed by atoms with Crippen LogP contribution in [0.2, 0.25) is 0 Å². The third-order valence-electron chi connectivity index (χ3n) is 3.55. The van der Waals surface area contributed by atoms with Crippen LogP contribution in [0.15, 0.2) is 6.07 Å². The van der Waals surface area contributed by atoms with Crippen molar-refractivity contribution in [3.63, 3.8) is 0 Å². The van der Waals surface area contributed by atoms with Crippen LogP contribution >= 0.6 is 0 Å². The van der Waals surface area contributed by atoms with Crippen LogP contribution < -0.4 is 5.32 Å². The van der Waals surface area contributed by atoms with E-state index >= 15 is 0 Å². The van der Waals surface area contributed by atoms with Gasteiger partial charge in [-0.2, -0.15) is 22.7 Å². The Balaban J connectivity index is 2.46. The van der Waals surface area contributed by atoms with Crippen LogP contribution in [-0.4, -0.2) is 37.3 Å². The predicted molar refractivity (Wildman–Crippen MR) is 74.5 cm³/mol. The first-order chi connectivity index (χ1) is 10.3. The Morgan fingerprint density at radius 1 is 1.36 bits per heavy atom. The van der Waals surface area contributed by atoms with E-state index in [-0.39, 0.29) is 24.3 Å². The van der Waals surface area contributed by atoms with Crippen LogP contribution in [-0.2, 0) is 6.18 Å². The fraction of sp³-hybridized carbons (Fsp3) is 0.615. The van der Waals surface area contributed by atoms with Gasteiger partial charge in [0.2, 0.25) is 0 Å². The van der Waals surface area contributed by atoms with Crippen LogP contribution in [0, 0.1) is 12.8 Å². The van der Waals surface area contributed by atoms with Gasteiger partial charge in [0, 0.05) is 11.8 Å². The van der Waals surface area contributed by atoms with Crippen LogP contribution in [0.3, 0.4) is 0 Å². The Morgan fingerprint density at radius 3 is 2.59 bits per heavy atom. The molecule has 0 fully saturated rings. The molecule has 0 aliphatic rings. The van der Waals surface area contributed by atoms with Gasteiger partial charge in [0.15, 0.2) is 0 Å². The molecule has 0 saturated heterocycles. The minimum Gasteiger partial charge on any atom is -0.394 e. The number of aliphatic hydroxyl groups is 1. The number of anilines is 1. The summed E-state index contributed by atoms with van der Waals surface area (Å²) in [7, 11) is 0. The van der Waals surface area contributed by atoms with E-state index in [1.165, 1.54) is 0 Å².